The zero-order chi connectivity index (χ0) is 19.4. The van der Waals surface area contributed by atoms with Crippen molar-refractivity contribution < 1.29 is 55.1 Å². The van der Waals surface area contributed by atoms with Crippen LogP contribution in [0.3, 0.4) is 0 Å². The molecule has 0 aromatic rings. The molecule has 0 aromatic heterocycles. The molecule has 1 aliphatic carbocycles. The smallest absolute Gasteiger partial charge is 0.210 e. The van der Waals surface area contributed by atoms with Crippen LogP contribution in [0.5, 0.6) is 0 Å². The molecule has 2 fully saturated rings. The summed E-state index contributed by atoms with van der Waals surface area (Å²) in [5.41, 5.74) is -4.11. The standard InChI is InChI=1S/C15H24O11/c1-14(22)9-13(24-3-2-15(9,23)11(21)10(14)20)26-12-8(19)7(18)6(17)5(4-16)25-12/h2-3,5-13,16-23H,4H2,1H3/t5-,6-,7+,8-,9-,10-,11-,12-,13+,14-,15+/m1/s1. The maximum atomic E-state index is 10.7. The minimum Gasteiger partial charge on any atom is -0.472 e. The van der Waals surface area contributed by atoms with Crippen molar-refractivity contribution in [3.63, 3.8) is 0 Å². The van der Waals surface area contributed by atoms with E-state index in [-0.39, 0.29) is 0 Å². The normalized spacial score (nSPS) is 56.9. The Hall–Kier alpha value is -0.860. The van der Waals surface area contributed by atoms with E-state index in [4.69, 9.17) is 14.2 Å². The van der Waals surface area contributed by atoms with Gasteiger partial charge in [0.1, 0.15) is 47.8 Å². The lowest BCUT2D eigenvalue weighted by Gasteiger charge is -2.45. The molecule has 3 rings (SSSR count). The summed E-state index contributed by atoms with van der Waals surface area (Å²) in [6, 6.07) is 0. The van der Waals surface area contributed by atoms with E-state index >= 15 is 0 Å². The van der Waals surface area contributed by atoms with E-state index in [1.54, 1.807) is 0 Å². The van der Waals surface area contributed by atoms with Crippen LogP contribution in [0.1, 0.15) is 6.92 Å². The summed E-state index contributed by atoms with van der Waals surface area (Å²) in [7, 11) is 0. The summed E-state index contributed by atoms with van der Waals surface area (Å²) in [6.45, 7) is 0.508. The average molecular weight is 380 g/mol. The fourth-order valence-corrected chi connectivity index (χ4v) is 3.83. The highest BCUT2D eigenvalue weighted by Crippen LogP contribution is 2.49. The molecule has 0 bridgehead atoms. The number of hydrogen-bond donors (Lipinski definition) is 8. The third-order valence-corrected chi connectivity index (χ3v) is 5.44. The molecule has 150 valence electrons. The largest absolute Gasteiger partial charge is 0.472 e. The van der Waals surface area contributed by atoms with Gasteiger partial charge in [-0.2, -0.15) is 0 Å². The van der Waals surface area contributed by atoms with Crippen LogP contribution >= 0.6 is 0 Å². The van der Waals surface area contributed by atoms with Crippen LogP contribution in [0.25, 0.3) is 0 Å². The predicted molar refractivity (Wildman–Crippen MR) is 79.9 cm³/mol. The Labute approximate surface area is 148 Å². The molecule has 2 heterocycles. The molecule has 0 amide bonds. The Bertz CT molecular complexity index is 552. The Morgan fingerprint density at radius 1 is 0.962 bits per heavy atom. The van der Waals surface area contributed by atoms with Crippen molar-refractivity contribution in [2.24, 2.45) is 5.92 Å². The molecule has 11 atom stereocenters. The van der Waals surface area contributed by atoms with Gasteiger partial charge in [0.05, 0.1) is 18.8 Å². The first kappa shape index (κ1) is 19.9. The lowest BCUT2D eigenvalue weighted by molar-refractivity contribution is -0.352. The molecule has 11 heteroatoms. The van der Waals surface area contributed by atoms with E-state index in [0.29, 0.717) is 0 Å². The molecular weight excluding hydrogens is 356 g/mol. The summed E-state index contributed by atoms with van der Waals surface area (Å²) in [6.07, 6.45) is -10.7. The average Bonchev–Trinajstić information content (AvgIpc) is 2.73. The van der Waals surface area contributed by atoms with E-state index in [0.717, 1.165) is 12.3 Å². The molecule has 0 unspecified atom stereocenters. The molecule has 26 heavy (non-hydrogen) atoms. The van der Waals surface area contributed by atoms with E-state index in [1.807, 2.05) is 0 Å². The van der Waals surface area contributed by atoms with Crippen LogP contribution in [0, 0.1) is 5.92 Å². The zero-order valence-corrected chi connectivity index (χ0v) is 13.9. The SMILES string of the molecule is C[C@]1(O)[C@H](O)[C@@H](O)[C@]2(O)C=CO[C@@H](O[C@H]3O[C@H](CO)[C@@H](O)[C@H](O)[C@H]3O)[C@H]12. The highest BCUT2D eigenvalue weighted by Gasteiger charge is 2.69. The fraction of sp³-hybridized carbons (Fsp3) is 0.867. The van der Waals surface area contributed by atoms with E-state index in [9.17, 15) is 40.9 Å². The number of fused-ring (bicyclic) bond motifs is 1. The van der Waals surface area contributed by atoms with Gasteiger partial charge < -0.3 is 55.1 Å². The number of hydrogen-bond acceptors (Lipinski definition) is 11. The summed E-state index contributed by atoms with van der Waals surface area (Å²) >= 11 is 0. The second kappa shape index (κ2) is 6.63. The zero-order valence-electron chi connectivity index (χ0n) is 13.9. The lowest BCUT2D eigenvalue weighted by Crippen LogP contribution is -2.62. The van der Waals surface area contributed by atoms with Gasteiger partial charge in [0, 0.05) is 0 Å². The molecule has 8 N–H and O–H groups in total. The van der Waals surface area contributed by atoms with Gasteiger partial charge >= 0.3 is 0 Å². The van der Waals surface area contributed by atoms with E-state index in [2.05, 4.69) is 0 Å². The number of ether oxygens (including phenoxy) is 3. The van der Waals surface area contributed by atoms with Crippen LogP contribution in [-0.4, -0.2) is 108 Å². The second-order valence-electron chi connectivity index (χ2n) is 7.12. The number of aliphatic hydroxyl groups is 8. The van der Waals surface area contributed by atoms with Crippen LogP contribution in [-0.2, 0) is 14.2 Å². The Balaban J connectivity index is 1.85. The van der Waals surface area contributed by atoms with Crippen molar-refractivity contribution in [3.8, 4) is 0 Å². The maximum Gasteiger partial charge on any atom is 0.210 e. The van der Waals surface area contributed by atoms with E-state index < -0.39 is 72.9 Å². The van der Waals surface area contributed by atoms with Gasteiger partial charge in [0.15, 0.2) is 6.29 Å². The molecule has 11 nitrogen and oxygen atoms in total. The first-order chi connectivity index (χ1) is 12.1. The summed E-state index contributed by atoms with van der Waals surface area (Å²) in [4.78, 5) is 0. The van der Waals surface area contributed by atoms with Crippen molar-refractivity contribution in [3.05, 3.63) is 12.3 Å². The summed E-state index contributed by atoms with van der Waals surface area (Å²) in [5.74, 6) is -1.38. The quantitative estimate of drug-likeness (QED) is 0.235. The first-order valence-corrected chi connectivity index (χ1v) is 8.15. The van der Waals surface area contributed by atoms with Gasteiger partial charge in [-0.15, -0.1) is 0 Å². The molecule has 0 radical (unpaired) electrons. The maximum absolute atomic E-state index is 10.7. The molecule has 0 aromatic carbocycles. The van der Waals surface area contributed by atoms with Crippen molar-refractivity contribution in [2.45, 2.75) is 67.3 Å². The van der Waals surface area contributed by atoms with Gasteiger partial charge in [-0.3, -0.25) is 0 Å². The molecular formula is C15H24O11. The Morgan fingerprint density at radius 2 is 1.62 bits per heavy atom. The molecule has 0 spiro atoms. The highest BCUT2D eigenvalue weighted by molar-refractivity contribution is 5.24. The molecule has 2 aliphatic heterocycles. The van der Waals surface area contributed by atoms with Crippen LogP contribution < -0.4 is 0 Å². The van der Waals surface area contributed by atoms with Gasteiger partial charge in [-0.25, -0.2) is 0 Å². The van der Waals surface area contributed by atoms with Crippen molar-refractivity contribution in [2.75, 3.05) is 6.61 Å². The van der Waals surface area contributed by atoms with Crippen molar-refractivity contribution in [1.82, 2.24) is 0 Å². The molecule has 3 aliphatic rings. The van der Waals surface area contributed by atoms with Crippen LogP contribution in [0.2, 0.25) is 0 Å². The highest BCUT2D eigenvalue weighted by atomic mass is 16.8. The lowest BCUT2D eigenvalue weighted by atomic mass is 9.81. The third-order valence-electron chi connectivity index (χ3n) is 5.44. The summed E-state index contributed by atoms with van der Waals surface area (Å²) in [5, 5.41) is 80.3. The third kappa shape index (κ3) is 2.76. The number of rotatable bonds is 3. The topological polar surface area (TPSA) is 190 Å². The molecule has 1 saturated heterocycles. The predicted octanol–water partition coefficient (Wildman–Crippen LogP) is -4.49. The fourth-order valence-electron chi connectivity index (χ4n) is 3.83. The minimum absolute atomic E-state index is 0.668. The van der Waals surface area contributed by atoms with Gasteiger partial charge in [0.25, 0.3) is 0 Å². The monoisotopic (exact) mass is 380 g/mol. The van der Waals surface area contributed by atoms with Crippen LogP contribution in [0.15, 0.2) is 12.3 Å². The van der Waals surface area contributed by atoms with Gasteiger partial charge in [-0.05, 0) is 13.0 Å². The van der Waals surface area contributed by atoms with Crippen LogP contribution in [0.4, 0.5) is 0 Å². The number of aliphatic hydroxyl groups excluding tert-OH is 6. The summed E-state index contributed by atoms with van der Waals surface area (Å²) < 4.78 is 15.9. The molecule has 1 saturated carbocycles. The van der Waals surface area contributed by atoms with Gasteiger partial charge in [0.2, 0.25) is 6.29 Å². The Kier molecular flexibility index (Phi) is 5.08. The van der Waals surface area contributed by atoms with Crippen molar-refractivity contribution >= 4 is 0 Å². The van der Waals surface area contributed by atoms with E-state index in [1.165, 1.54) is 6.92 Å². The minimum atomic E-state index is -2.08. The second-order valence-corrected chi connectivity index (χ2v) is 7.12. The van der Waals surface area contributed by atoms with Gasteiger partial charge in [-0.1, -0.05) is 0 Å². The Morgan fingerprint density at radius 3 is 2.23 bits per heavy atom. The van der Waals surface area contributed by atoms with Crippen molar-refractivity contribution in [1.29, 1.82) is 0 Å². The first-order valence-electron chi connectivity index (χ1n) is 8.15.